The fourth-order valence-electron chi connectivity index (χ4n) is 3.75. The third-order valence-electron chi connectivity index (χ3n) is 5.40. The van der Waals surface area contributed by atoms with Gasteiger partial charge in [-0.2, -0.15) is 0 Å². The molecule has 1 aliphatic rings. The lowest BCUT2D eigenvalue weighted by Gasteiger charge is -2.21. The Morgan fingerprint density at radius 2 is 2.00 bits per heavy atom. The minimum Gasteiger partial charge on any atom is -0.390 e. The van der Waals surface area contributed by atoms with Gasteiger partial charge in [-0.15, -0.1) is 0 Å². The summed E-state index contributed by atoms with van der Waals surface area (Å²) in [5, 5.41) is 10.2. The number of fused-ring (bicyclic) bond motifs is 1. The molecule has 0 radical (unpaired) electrons. The Morgan fingerprint density at radius 3 is 2.71 bits per heavy atom. The minimum atomic E-state index is -0.534. The topological polar surface area (TPSA) is 74.5 Å². The highest BCUT2D eigenvalue weighted by molar-refractivity contribution is 5.96. The minimum absolute atomic E-state index is 0.0437. The highest BCUT2D eigenvalue weighted by Crippen LogP contribution is 2.19. The number of likely N-dealkylation sites (tertiary alicyclic amines) is 1. The smallest absolute Gasteiger partial charge is 0.255 e. The first-order valence-electron chi connectivity index (χ1n) is 9.51. The van der Waals surface area contributed by atoms with E-state index in [0.29, 0.717) is 24.2 Å². The molecular weight excluding hydrogens is 354 g/mol. The zero-order chi connectivity index (χ0) is 19.7. The van der Waals surface area contributed by atoms with Crippen molar-refractivity contribution in [2.75, 3.05) is 27.2 Å². The number of hydrogen-bond donors (Lipinski definition) is 1. The maximum atomic E-state index is 12.8. The van der Waals surface area contributed by atoms with Crippen molar-refractivity contribution in [3.8, 4) is 0 Å². The fourth-order valence-corrected chi connectivity index (χ4v) is 3.75. The molecule has 0 unspecified atom stereocenters. The van der Waals surface area contributed by atoms with Crippen LogP contribution in [0.25, 0.3) is 11.2 Å². The van der Waals surface area contributed by atoms with E-state index in [1.807, 2.05) is 41.8 Å². The second kappa shape index (κ2) is 7.69. The van der Waals surface area contributed by atoms with Gasteiger partial charge in [0.1, 0.15) is 5.52 Å². The summed E-state index contributed by atoms with van der Waals surface area (Å²) in [5.74, 6) is -0.114. The van der Waals surface area contributed by atoms with E-state index >= 15 is 0 Å². The molecule has 1 fully saturated rings. The van der Waals surface area contributed by atoms with Crippen LogP contribution < -0.4 is 0 Å². The van der Waals surface area contributed by atoms with Gasteiger partial charge in [0.2, 0.25) is 0 Å². The zero-order valence-corrected chi connectivity index (χ0v) is 16.2. The van der Waals surface area contributed by atoms with Crippen LogP contribution in [-0.4, -0.2) is 74.7 Å². The van der Waals surface area contributed by atoms with Crippen LogP contribution in [0, 0.1) is 0 Å². The SMILES string of the molecule is CN(C)[C@H]1CN(C(=O)c2cnc3c(c2)ncn3CCc2ccccc2)C[C@@H]1O. The van der Waals surface area contributed by atoms with Crippen LogP contribution in [0.5, 0.6) is 0 Å². The Bertz CT molecular complexity index is 969. The molecule has 146 valence electrons. The van der Waals surface area contributed by atoms with Gasteiger partial charge in [0, 0.05) is 25.8 Å². The number of carbonyl (C=O) groups excluding carboxylic acids is 1. The number of imidazole rings is 1. The van der Waals surface area contributed by atoms with Crippen LogP contribution in [0.4, 0.5) is 0 Å². The molecule has 0 spiro atoms. The number of aromatic nitrogens is 3. The summed E-state index contributed by atoms with van der Waals surface area (Å²) in [6, 6.07) is 12.0. The average molecular weight is 379 g/mol. The number of pyridine rings is 1. The number of likely N-dealkylation sites (N-methyl/N-ethyl adjacent to an activating group) is 1. The summed E-state index contributed by atoms with van der Waals surface area (Å²) in [7, 11) is 3.83. The first-order chi connectivity index (χ1) is 13.5. The van der Waals surface area contributed by atoms with Gasteiger partial charge in [-0.05, 0) is 32.1 Å². The lowest BCUT2D eigenvalue weighted by Crippen LogP contribution is -2.38. The van der Waals surface area contributed by atoms with Crippen molar-refractivity contribution < 1.29 is 9.90 Å². The summed E-state index contributed by atoms with van der Waals surface area (Å²) < 4.78 is 2.01. The monoisotopic (exact) mass is 379 g/mol. The molecule has 2 atom stereocenters. The number of benzene rings is 1. The molecule has 0 aliphatic carbocycles. The molecule has 1 N–H and O–H groups in total. The molecule has 3 heterocycles. The molecule has 28 heavy (non-hydrogen) atoms. The molecule has 0 saturated carbocycles. The quantitative estimate of drug-likeness (QED) is 0.726. The van der Waals surface area contributed by atoms with E-state index in [-0.39, 0.29) is 11.9 Å². The van der Waals surface area contributed by atoms with E-state index in [9.17, 15) is 9.90 Å². The van der Waals surface area contributed by atoms with Crippen molar-refractivity contribution in [2.24, 2.45) is 0 Å². The van der Waals surface area contributed by atoms with Crippen molar-refractivity contribution in [3.63, 3.8) is 0 Å². The van der Waals surface area contributed by atoms with Crippen LogP contribution in [0.1, 0.15) is 15.9 Å². The predicted molar refractivity (Wildman–Crippen MR) is 107 cm³/mol. The number of aliphatic hydroxyl groups excluding tert-OH is 1. The highest BCUT2D eigenvalue weighted by Gasteiger charge is 2.35. The number of amides is 1. The third-order valence-corrected chi connectivity index (χ3v) is 5.40. The van der Waals surface area contributed by atoms with E-state index in [1.54, 1.807) is 23.5 Å². The molecule has 1 aliphatic heterocycles. The van der Waals surface area contributed by atoms with Crippen molar-refractivity contribution in [1.29, 1.82) is 0 Å². The zero-order valence-electron chi connectivity index (χ0n) is 16.2. The number of rotatable bonds is 5. The number of carbonyl (C=O) groups is 1. The number of aliphatic hydroxyl groups is 1. The van der Waals surface area contributed by atoms with Crippen LogP contribution in [0.15, 0.2) is 48.9 Å². The Morgan fingerprint density at radius 1 is 1.21 bits per heavy atom. The van der Waals surface area contributed by atoms with E-state index in [0.717, 1.165) is 18.6 Å². The van der Waals surface area contributed by atoms with E-state index in [2.05, 4.69) is 22.1 Å². The second-order valence-corrected chi connectivity index (χ2v) is 7.55. The van der Waals surface area contributed by atoms with Gasteiger partial charge in [0.25, 0.3) is 5.91 Å². The molecular formula is C21H25N5O2. The van der Waals surface area contributed by atoms with Gasteiger partial charge >= 0.3 is 0 Å². The van der Waals surface area contributed by atoms with Gasteiger partial charge < -0.3 is 19.5 Å². The Kier molecular flexibility index (Phi) is 5.11. The average Bonchev–Trinajstić information content (AvgIpc) is 3.29. The van der Waals surface area contributed by atoms with Crippen LogP contribution in [-0.2, 0) is 13.0 Å². The number of β-amino-alcohol motifs (C(OH)–C–C–N with tert-alkyl or cyclic N) is 1. The van der Waals surface area contributed by atoms with Gasteiger partial charge in [0.05, 0.1) is 24.0 Å². The molecule has 4 rings (SSSR count). The van der Waals surface area contributed by atoms with Crippen LogP contribution >= 0.6 is 0 Å². The Labute approximate surface area is 164 Å². The molecule has 0 bridgehead atoms. The van der Waals surface area contributed by atoms with Crippen molar-refractivity contribution in [3.05, 3.63) is 60.0 Å². The van der Waals surface area contributed by atoms with Gasteiger partial charge in [0.15, 0.2) is 5.65 Å². The van der Waals surface area contributed by atoms with Crippen molar-refractivity contribution in [2.45, 2.75) is 25.1 Å². The normalized spacial score (nSPS) is 19.6. The van der Waals surface area contributed by atoms with E-state index in [1.165, 1.54) is 5.56 Å². The molecule has 1 saturated heterocycles. The van der Waals surface area contributed by atoms with Gasteiger partial charge in [-0.25, -0.2) is 9.97 Å². The van der Waals surface area contributed by atoms with Crippen molar-refractivity contribution in [1.82, 2.24) is 24.3 Å². The van der Waals surface area contributed by atoms with Crippen LogP contribution in [0.2, 0.25) is 0 Å². The van der Waals surface area contributed by atoms with Crippen molar-refractivity contribution >= 4 is 17.1 Å². The molecule has 2 aromatic heterocycles. The fraction of sp³-hybridized carbons (Fsp3) is 0.381. The second-order valence-electron chi connectivity index (χ2n) is 7.55. The standard InChI is InChI=1S/C21H25N5O2/c1-24(2)18-12-26(13-19(18)27)21(28)16-10-17-20(22-11-16)25(14-23-17)9-8-15-6-4-3-5-7-15/h3-7,10-11,14,18-19,27H,8-9,12-13H2,1-2H3/t18-,19-/m0/s1. The predicted octanol–water partition coefficient (Wildman–Crippen LogP) is 1.42. The first-order valence-corrected chi connectivity index (χ1v) is 9.51. The number of hydrogen-bond acceptors (Lipinski definition) is 5. The highest BCUT2D eigenvalue weighted by atomic mass is 16.3. The Hall–Kier alpha value is -2.77. The lowest BCUT2D eigenvalue weighted by molar-refractivity contribution is 0.0763. The Balaban J connectivity index is 1.49. The summed E-state index contributed by atoms with van der Waals surface area (Å²) in [6.07, 6.45) is 3.75. The number of nitrogens with zero attached hydrogens (tertiary/aromatic N) is 5. The molecule has 7 heteroatoms. The summed E-state index contributed by atoms with van der Waals surface area (Å²) in [6.45, 7) is 1.63. The van der Waals surface area contributed by atoms with Crippen LogP contribution in [0.3, 0.4) is 0 Å². The molecule has 3 aromatic rings. The maximum absolute atomic E-state index is 12.8. The van der Waals surface area contributed by atoms with Gasteiger partial charge in [-0.1, -0.05) is 30.3 Å². The number of aryl methyl sites for hydroxylation is 2. The molecule has 7 nitrogen and oxygen atoms in total. The third kappa shape index (κ3) is 3.63. The van der Waals surface area contributed by atoms with E-state index < -0.39 is 6.10 Å². The van der Waals surface area contributed by atoms with E-state index in [4.69, 9.17) is 0 Å². The lowest BCUT2D eigenvalue weighted by atomic mass is 10.1. The van der Waals surface area contributed by atoms with Gasteiger partial charge in [-0.3, -0.25) is 4.79 Å². The first kappa shape index (κ1) is 18.6. The summed E-state index contributed by atoms with van der Waals surface area (Å²) >= 11 is 0. The maximum Gasteiger partial charge on any atom is 0.255 e. The largest absolute Gasteiger partial charge is 0.390 e. The summed E-state index contributed by atoms with van der Waals surface area (Å²) in [4.78, 5) is 25.4. The summed E-state index contributed by atoms with van der Waals surface area (Å²) in [5.41, 5.74) is 3.26. The molecule has 1 aromatic carbocycles. The molecule has 1 amide bonds.